The maximum Gasteiger partial charge on any atom is 0.306 e. The van der Waals surface area contributed by atoms with Crippen LogP contribution in [0.5, 0.6) is 0 Å². The lowest BCUT2D eigenvalue weighted by Crippen LogP contribution is -2.28. The van der Waals surface area contributed by atoms with Crippen molar-refractivity contribution in [1.29, 1.82) is 0 Å². The second kappa shape index (κ2) is 33.4. The summed E-state index contributed by atoms with van der Waals surface area (Å²) < 4.78 is 22.9. The van der Waals surface area contributed by atoms with Crippen LogP contribution < -0.4 is 0 Å². The van der Waals surface area contributed by atoms with Gasteiger partial charge in [0.25, 0.3) is 0 Å². The number of aliphatic hydroxyl groups excluding tert-OH is 1. The molecule has 0 aliphatic heterocycles. The van der Waals surface area contributed by atoms with E-state index in [9.17, 15) is 14.7 Å². The summed E-state index contributed by atoms with van der Waals surface area (Å²) >= 11 is 0. The van der Waals surface area contributed by atoms with Gasteiger partial charge in [-0.1, -0.05) is 142 Å². The van der Waals surface area contributed by atoms with Crippen molar-refractivity contribution in [2.24, 2.45) is 0 Å². The zero-order valence-electron chi connectivity index (χ0n) is 36.7. The van der Waals surface area contributed by atoms with Crippen molar-refractivity contribution in [2.45, 2.75) is 239 Å². The molecule has 0 radical (unpaired) electrons. The van der Waals surface area contributed by atoms with Crippen molar-refractivity contribution >= 4 is 11.9 Å². The Kier molecular flexibility index (Phi) is 29.6. The Morgan fingerprint density at radius 2 is 0.875 bits per heavy atom. The van der Waals surface area contributed by atoms with Crippen LogP contribution in [-0.4, -0.2) is 36.4 Å². The number of esters is 2. The third kappa shape index (κ3) is 25.0. The summed E-state index contributed by atoms with van der Waals surface area (Å²) in [6, 6.07) is 4.47. The van der Waals surface area contributed by atoms with E-state index in [2.05, 4.69) is 39.8 Å². The van der Waals surface area contributed by atoms with Gasteiger partial charge >= 0.3 is 11.9 Å². The molecule has 2 rings (SSSR count). The quantitative estimate of drug-likeness (QED) is 0.0534. The standard InChI is InChI=1S/C49H84O7/c1-5-7-25-31-43-37-41(3)46(54-43)33-27-21-17-13-9-11-15-19-23-29-35-48(51)53-40-45(39-50)56-49(52)36-30-24-20-16-12-10-14-18-22-28-34-47-42(4)38-44(55-47)32-26-8-6-2/h37-38,45,50H,5-36,39-40H2,1-4H3/t45-/m0/s1. The third-order valence-electron chi connectivity index (χ3n) is 11.2. The number of carbonyl (C=O) groups is 2. The zero-order valence-corrected chi connectivity index (χ0v) is 36.7. The van der Waals surface area contributed by atoms with E-state index in [-0.39, 0.29) is 25.2 Å². The van der Waals surface area contributed by atoms with Crippen LogP contribution in [0.15, 0.2) is 21.0 Å². The number of hydrogen-bond donors (Lipinski definition) is 1. The molecule has 0 unspecified atom stereocenters. The molecule has 7 heteroatoms. The SMILES string of the molecule is CCCCCc1cc(C)c(CCCCCCCCCCCCC(=O)OC[C@H](CO)OC(=O)CCCCCCCCCCCCc2oc(CCCCC)cc2C)o1. The second-order valence-corrected chi connectivity index (χ2v) is 16.6. The highest BCUT2D eigenvalue weighted by molar-refractivity contribution is 5.70. The van der Waals surface area contributed by atoms with E-state index < -0.39 is 6.10 Å². The van der Waals surface area contributed by atoms with Crippen molar-refractivity contribution in [3.63, 3.8) is 0 Å². The summed E-state index contributed by atoms with van der Waals surface area (Å²) in [4.78, 5) is 24.5. The third-order valence-corrected chi connectivity index (χ3v) is 11.2. The number of rotatable bonds is 38. The van der Waals surface area contributed by atoms with Crippen LogP contribution >= 0.6 is 0 Å². The maximum absolute atomic E-state index is 12.3. The molecule has 1 N–H and O–H groups in total. The Bertz CT molecular complexity index is 1240. The van der Waals surface area contributed by atoms with Gasteiger partial charge in [0.05, 0.1) is 6.61 Å². The van der Waals surface area contributed by atoms with Crippen LogP contribution in [0.4, 0.5) is 0 Å². The van der Waals surface area contributed by atoms with Crippen LogP contribution in [0.1, 0.15) is 228 Å². The molecule has 2 heterocycles. The van der Waals surface area contributed by atoms with E-state index in [1.807, 2.05) is 0 Å². The Labute approximate surface area is 342 Å². The van der Waals surface area contributed by atoms with Gasteiger partial charge < -0.3 is 23.4 Å². The minimum absolute atomic E-state index is 0.0785. The highest BCUT2D eigenvalue weighted by atomic mass is 16.6. The summed E-state index contributed by atoms with van der Waals surface area (Å²) in [5.74, 6) is 4.09. The molecule has 0 aliphatic rings. The number of ether oxygens (including phenoxy) is 2. The largest absolute Gasteiger partial charge is 0.466 e. The first-order chi connectivity index (χ1) is 27.4. The van der Waals surface area contributed by atoms with E-state index in [0.29, 0.717) is 12.8 Å². The van der Waals surface area contributed by atoms with E-state index >= 15 is 0 Å². The molecule has 0 aliphatic carbocycles. The number of unbranched alkanes of at least 4 members (excludes halogenated alkanes) is 22. The highest BCUT2D eigenvalue weighted by Gasteiger charge is 2.16. The van der Waals surface area contributed by atoms with Gasteiger partial charge in [-0.05, 0) is 75.6 Å². The van der Waals surface area contributed by atoms with E-state index in [4.69, 9.17) is 18.3 Å². The number of aliphatic hydroxyl groups is 1. The molecule has 322 valence electrons. The lowest BCUT2D eigenvalue weighted by Gasteiger charge is -2.15. The number of aryl methyl sites for hydroxylation is 6. The molecule has 2 aromatic rings. The average molecular weight is 785 g/mol. The minimum Gasteiger partial charge on any atom is -0.466 e. The van der Waals surface area contributed by atoms with E-state index in [1.165, 1.54) is 151 Å². The first-order valence-electron chi connectivity index (χ1n) is 23.5. The van der Waals surface area contributed by atoms with Crippen LogP contribution in [0.3, 0.4) is 0 Å². The van der Waals surface area contributed by atoms with Crippen molar-refractivity contribution in [3.05, 3.63) is 46.3 Å². The zero-order chi connectivity index (χ0) is 40.5. The molecule has 0 saturated heterocycles. The normalized spacial score (nSPS) is 12.0. The fourth-order valence-corrected chi connectivity index (χ4v) is 7.59. The Morgan fingerprint density at radius 1 is 0.518 bits per heavy atom. The van der Waals surface area contributed by atoms with Gasteiger partial charge in [-0.15, -0.1) is 0 Å². The van der Waals surface area contributed by atoms with Crippen molar-refractivity contribution in [3.8, 4) is 0 Å². The van der Waals surface area contributed by atoms with Gasteiger partial charge in [-0.25, -0.2) is 0 Å². The molecule has 1 atom stereocenters. The molecule has 0 spiro atoms. The minimum atomic E-state index is -0.787. The van der Waals surface area contributed by atoms with Gasteiger partial charge in [-0.3, -0.25) is 9.59 Å². The number of hydrogen-bond acceptors (Lipinski definition) is 7. The summed E-state index contributed by atoms with van der Waals surface area (Å²) in [7, 11) is 0. The topological polar surface area (TPSA) is 99.1 Å². The lowest BCUT2D eigenvalue weighted by molar-refractivity contribution is -0.161. The van der Waals surface area contributed by atoms with Crippen LogP contribution in [0.25, 0.3) is 0 Å². The fourth-order valence-electron chi connectivity index (χ4n) is 7.59. The van der Waals surface area contributed by atoms with Gasteiger partial charge in [0.1, 0.15) is 29.6 Å². The maximum atomic E-state index is 12.3. The summed E-state index contributed by atoms with van der Waals surface area (Å²) in [6.07, 6.45) is 35.1. The Hall–Kier alpha value is -2.54. The van der Waals surface area contributed by atoms with Crippen molar-refractivity contribution in [1.82, 2.24) is 0 Å². The summed E-state index contributed by atoms with van der Waals surface area (Å²) in [5.41, 5.74) is 2.63. The first-order valence-corrected chi connectivity index (χ1v) is 23.5. The Morgan fingerprint density at radius 3 is 1.27 bits per heavy atom. The van der Waals surface area contributed by atoms with Gasteiger partial charge in [0.2, 0.25) is 0 Å². The van der Waals surface area contributed by atoms with Crippen molar-refractivity contribution < 1.29 is 33.0 Å². The molecule has 2 aromatic heterocycles. The molecule has 0 saturated carbocycles. The van der Waals surface area contributed by atoms with E-state index in [1.54, 1.807) is 0 Å². The molecular weight excluding hydrogens is 701 g/mol. The molecule has 0 aromatic carbocycles. The smallest absolute Gasteiger partial charge is 0.306 e. The fraction of sp³-hybridized carbons (Fsp3) is 0.796. The van der Waals surface area contributed by atoms with Crippen molar-refractivity contribution in [2.75, 3.05) is 13.2 Å². The summed E-state index contributed by atoms with van der Waals surface area (Å²) in [6.45, 7) is 8.41. The predicted octanol–water partition coefficient (Wildman–Crippen LogP) is 13.8. The van der Waals surface area contributed by atoms with Crippen LogP contribution in [0.2, 0.25) is 0 Å². The number of carbonyl (C=O) groups excluding carboxylic acids is 2. The van der Waals surface area contributed by atoms with Gasteiger partial charge in [0, 0.05) is 38.5 Å². The molecule has 7 nitrogen and oxygen atoms in total. The second-order valence-electron chi connectivity index (χ2n) is 16.6. The lowest BCUT2D eigenvalue weighted by atomic mass is 10.0. The van der Waals surface area contributed by atoms with E-state index in [0.717, 1.165) is 75.7 Å². The van der Waals surface area contributed by atoms with Crippen LogP contribution in [0, 0.1) is 13.8 Å². The molecule has 56 heavy (non-hydrogen) atoms. The van der Waals surface area contributed by atoms with Gasteiger partial charge in [0.15, 0.2) is 6.10 Å². The molecule has 0 amide bonds. The molecule has 0 fully saturated rings. The summed E-state index contributed by atoms with van der Waals surface area (Å²) in [5, 5.41) is 9.63. The number of furan rings is 2. The van der Waals surface area contributed by atoms with Gasteiger partial charge in [-0.2, -0.15) is 0 Å². The predicted molar refractivity (Wildman–Crippen MR) is 230 cm³/mol. The average Bonchev–Trinajstić information content (AvgIpc) is 3.73. The first kappa shape index (κ1) is 49.6. The highest BCUT2D eigenvalue weighted by Crippen LogP contribution is 2.22. The Balaban J connectivity index is 1.34. The molecular formula is C49H84O7. The van der Waals surface area contributed by atoms with Crippen LogP contribution in [-0.2, 0) is 44.7 Å². The molecule has 0 bridgehead atoms. The monoisotopic (exact) mass is 785 g/mol.